The second-order valence-electron chi connectivity index (χ2n) is 11.1. The number of rotatable bonds is 2. The summed E-state index contributed by atoms with van der Waals surface area (Å²) in [7, 11) is 0. The van der Waals surface area contributed by atoms with Gasteiger partial charge in [-0.15, -0.1) is 0 Å². The van der Waals surface area contributed by atoms with Crippen LogP contribution in [0.3, 0.4) is 0 Å². The van der Waals surface area contributed by atoms with E-state index in [0.717, 1.165) is 44.4 Å². The average Bonchev–Trinajstić information content (AvgIpc) is 3.67. The largest absolute Gasteiger partial charge is 0.309 e. The molecule has 0 fully saturated rings. The molecule has 0 aliphatic rings. The number of fused-ring (bicyclic) bond motifs is 10. The van der Waals surface area contributed by atoms with Gasteiger partial charge in [-0.1, -0.05) is 91.0 Å². The third-order valence-corrected chi connectivity index (χ3v) is 8.82. The van der Waals surface area contributed by atoms with Crippen LogP contribution in [0.15, 0.2) is 133 Å². The van der Waals surface area contributed by atoms with E-state index in [9.17, 15) is 0 Å². The van der Waals surface area contributed by atoms with Gasteiger partial charge in [-0.3, -0.25) is 4.40 Å². The Hall–Kier alpha value is -5.74. The van der Waals surface area contributed by atoms with Gasteiger partial charge in [0.1, 0.15) is 5.52 Å². The monoisotopic (exact) mass is 534 g/mol. The number of hydrogen-bond donors (Lipinski definition) is 0. The summed E-state index contributed by atoms with van der Waals surface area (Å²) in [6.45, 7) is 0. The van der Waals surface area contributed by atoms with Gasteiger partial charge in [-0.05, 0) is 53.6 Å². The topological polar surface area (TPSA) is 35.1 Å². The lowest BCUT2D eigenvalue weighted by Crippen LogP contribution is -1.93. The molecular weight excluding hydrogens is 512 g/mol. The first-order chi connectivity index (χ1) is 20.8. The van der Waals surface area contributed by atoms with Crippen molar-refractivity contribution < 1.29 is 0 Å². The van der Waals surface area contributed by atoms with E-state index < -0.39 is 0 Å². The maximum Gasteiger partial charge on any atom is 0.165 e. The summed E-state index contributed by atoms with van der Waals surface area (Å²) in [4.78, 5) is 10.5. The normalized spacial score (nSPS) is 12.3. The quantitative estimate of drug-likeness (QED) is 0.221. The van der Waals surface area contributed by atoms with Gasteiger partial charge in [0.05, 0.1) is 33.1 Å². The fourth-order valence-corrected chi connectivity index (χ4v) is 6.99. The molecule has 0 N–H and O–H groups in total. The second-order valence-corrected chi connectivity index (χ2v) is 11.1. The van der Waals surface area contributed by atoms with Crippen LogP contribution >= 0.6 is 0 Å². The van der Waals surface area contributed by atoms with Crippen molar-refractivity contribution in [3.05, 3.63) is 133 Å². The summed E-state index contributed by atoms with van der Waals surface area (Å²) in [5.41, 5.74) is 11.9. The van der Waals surface area contributed by atoms with Crippen LogP contribution in [0.5, 0.6) is 0 Å². The summed E-state index contributed by atoms with van der Waals surface area (Å²) >= 11 is 0. The Morgan fingerprint density at radius 2 is 1.17 bits per heavy atom. The zero-order chi connectivity index (χ0) is 27.4. The first-order valence-electron chi connectivity index (χ1n) is 14.3. The molecule has 0 saturated heterocycles. The van der Waals surface area contributed by atoms with Gasteiger partial charge in [0.2, 0.25) is 0 Å². The molecule has 0 aliphatic heterocycles. The van der Waals surface area contributed by atoms with E-state index in [1.807, 2.05) is 6.07 Å². The number of benzene rings is 6. The highest BCUT2D eigenvalue weighted by Gasteiger charge is 2.22. The van der Waals surface area contributed by atoms with Crippen molar-refractivity contribution in [2.75, 3.05) is 0 Å². The Balaban J connectivity index is 1.36. The Bertz CT molecular complexity index is 2660. The zero-order valence-electron chi connectivity index (χ0n) is 22.5. The fourth-order valence-electron chi connectivity index (χ4n) is 6.99. The van der Waals surface area contributed by atoms with Crippen LogP contribution in [-0.2, 0) is 0 Å². The van der Waals surface area contributed by atoms with Crippen LogP contribution < -0.4 is 0 Å². The molecular formula is C38H22N4. The van der Waals surface area contributed by atoms with E-state index >= 15 is 0 Å². The molecule has 10 rings (SSSR count). The lowest BCUT2D eigenvalue weighted by Gasteiger charge is -2.08. The SMILES string of the molecule is c1ccc(-c2ccc3nc4c5cccc6c7cc8c9ccccc9n(-c9ccccc9)c8cc7n(c4nc3c2)c65)cc1. The molecule has 0 unspecified atom stereocenters. The van der Waals surface area contributed by atoms with Gasteiger partial charge in [0, 0.05) is 32.6 Å². The molecule has 0 atom stereocenters. The zero-order valence-corrected chi connectivity index (χ0v) is 22.5. The smallest absolute Gasteiger partial charge is 0.165 e. The predicted octanol–water partition coefficient (Wildman–Crippen LogP) is 9.54. The van der Waals surface area contributed by atoms with E-state index in [1.54, 1.807) is 0 Å². The van der Waals surface area contributed by atoms with E-state index in [-0.39, 0.29) is 0 Å². The molecule has 4 heteroatoms. The highest BCUT2D eigenvalue weighted by molar-refractivity contribution is 6.25. The van der Waals surface area contributed by atoms with Crippen molar-refractivity contribution in [3.63, 3.8) is 0 Å². The summed E-state index contributed by atoms with van der Waals surface area (Å²) < 4.78 is 4.72. The summed E-state index contributed by atoms with van der Waals surface area (Å²) in [5, 5.41) is 6.12. The Kier molecular flexibility index (Phi) is 4.15. The van der Waals surface area contributed by atoms with Gasteiger partial charge in [-0.25, -0.2) is 9.97 Å². The van der Waals surface area contributed by atoms with Crippen molar-refractivity contribution in [1.29, 1.82) is 0 Å². The van der Waals surface area contributed by atoms with Crippen LogP contribution in [0.25, 0.3) is 88.0 Å². The van der Waals surface area contributed by atoms with Crippen LogP contribution in [0.4, 0.5) is 0 Å². The van der Waals surface area contributed by atoms with Crippen molar-refractivity contribution in [1.82, 2.24) is 18.9 Å². The maximum absolute atomic E-state index is 5.30. The molecule has 10 aromatic rings. The molecule has 42 heavy (non-hydrogen) atoms. The number of hydrogen-bond acceptors (Lipinski definition) is 2. The third-order valence-electron chi connectivity index (χ3n) is 8.82. The average molecular weight is 535 g/mol. The summed E-state index contributed by atoms with van der Waals surface area (Å²) in [6, 6.07) is 47.5. The molecule has 6 aromatic carbocycles. The lowest BCUT2D eigenvalue weighted by molar-refractivity contribution is 1.18. The second kappa shape index (κ2) is 7.93. The van der Waals surface area contributed by atoms with E-state index in [2.05, 4.69) is 136 Å². The van der Waals surface area contributed by atoms with Crippen molar-refractivity contribution >= 4 is 71.2 Å². The van der Waals surface area contributed by atoms with Gasteiger partial charge in [0.15, 0.2) is 5.65 Å². The van der Waals surface area contributed by atoms with Crippen molar-refractivity contribution in [3.8, 4) is 16.8 Å². The highest BCUT2D eigenvalue weighted by atomic mass is 15.0. The number of aromatic nitrogens is 4. The first-order valence-corrected chi connectivity index (χ1v) is 14.3. The van der Waals surface area contributed by atoms with E-state index in [1.165, 1.54) is 43.7 Å². The molecule has 0 saturated carbocycles. The minimum atomic E-state index is 0.899. The van der Waals surface area contributed by atoms with Crippen molar-refractivity contribution in [2.45, 2.75) is 0 Å². The fraction of sp³-hybridized carbons (Fsp3) is 0. The van der Waals surface area contributed by atoms with Gasteiger partial charge >= 0.3 is 0 Å². The van der Waals surface area contributed by atoms with Crippen molar-refractivity contribution in [2.24, 2.45) is 0 Å². The minimum Gasteiger partial charge on any atom is -0.309 e. The molecule has 0 bridgehead atoms. The van der Waals surface area contributed by atoms with Crippen LogP contribution in [0, 0.1) is 0 Å². The molecule has 0 radical (unpaired) electrons. The first kappa shape index (κ1) is 22.0. The molecule has 0 amide bonds. The Morgan fingerprint density at radius 1 is 0.429 bits per heavy atom. The molecule has 4 nitrogen and oxygen atoms in total. The third kappa shape index (κ3) is 2.80. The molecule has 194 valence electrons. The number of para-hydroxylation sites is 3. The number of nitrogens with zero attached hydrogens (tertiary/aromatic N) is 4. The van der Waals surface area contributed by atoms with E-state index in [0.29, 0.717) is 0 Å². The van der Waals surface area contributed by atoms with Crippen LogP contribution in [-0.4, -0.2) is 18.9 Å². The maximum atomic E-state index is 5.30. The van der Waals surface area contributed by atoms with Gasteiger partial charge in [-0.2, -0.15) is 0 Å². The predicted molar refractivity (Wildman–Crippen MR) is 174 cm³/mol. The van der Waals surface area contributed by atoms with Gasteiger partial charge in [0.25, 0.3) is 0 Å². The highest BCUT2D eigenvalue weighted by Crippen LogP contribution is 2.42. The molecule has 0 spiro atoms. The Labute approximate surface area is 240 Å². The molecule has 4 aromatic heterocycles. The molecule has 0 aliphatic carbocycles. The van der Waals surface area contributed by atoms with Crippen LogP contribution in [0.2, 0.25) is 0 Å². The summed E-state index contributed by atoms with van der Waals surface area (Å²) in [5.74, 6) is 0. The van der Waals surface area contributed by atoms with Crippen LogP contribution in [0.1, 0.15) is 0 Å². The summed E-state index contributed by atoms with van der Waals surface area (Å²) in [6.07, 6.45) is 0. The lowest BCUT2D eigenvalue weighted by atomic mass is 10.0. The minimum absolute atomic E-state index is 0.899. The Morgan fingerprint density at radius 3 is 2.05 bits per heavy atom. The van der Waals surface area contributed by atoms with E-state index in [4.69, 9.17) is 9.97 Å². The molecule has 4 heterocycles. The standard InChI is InChI=1S/C38H22N4/c1-3-10-23(11-4-1)24-18-19-31-32(20-24)40-38-36(39-31)28-16-9-15-27-30-21-29-26-14-7-8-17-33(26)41(25-12-5-2-6-13-25)34(29)22-35(30)42(38)37(27)28/h1-22H. The van der Waals surface area contributed by atoms with Gasteiger partial charge < -0.3 is 4.57 Å².